The molecule has 3 aliphatic rings. The van der Waals surface area contributed by atoms with E-state index in [1.54, 1.807) is 26.4 Å². The van der Waals surface area contributed by atoms with E-state index < -0.39 is 5.97 Å². The first-order valence-corrected chi connectivity index (χ1v) is 14.8. The Morgan fingerprint density at radius 1 is 1.21 bits per heavy atom. The number of rotatable bonds is 8. The van der Waals surface area contributed by atoms with Crippen LogP contribution in [0.3, 0.4) is 0 Å². The number of carbonyl (C=O) groups excluding carboxylic acids is 1. The minimum atomic E-state index is -0.464. The van der Waals surface area contributed by atoms with Crippen LogP contribution >= 0.6 is 23.4 Å². The number of ether oxygens (including phenoxy) is 3. The fourth-order valence-electron chi connectivity index (χ4n) is 6.11. The molecule has 3 saturated heterocycles. The Morgan fingerprint density at radius 3 is 2.59 bits per heavy atom. The Hall–Kier alpha value is -2.14. The molecule has 5 heterocycles. The molecule has 2 aromatic heterocycles. The van der Waals surface area contributed by atoms with E-state index in [2.05, 4.69) is 35.6 Å². The number of aromatic nitrogens is 3. The van der Waals surface area contributed by atoms with E-state index in [0.29, 0.717) is 28.4 Å². The van der Waals surface area contributed by atoms with E-state index in [1.807, 2.05) is 6.07 Å². The first kappa shape index (κ1) is 28.4. The lowest BCUT2D eigenvalue weighted by molar-refractivity contribution is 0.0518. The molecular weight excluding hydrogens is 538 g/mol. The molecule has 0 unspecified atom stereocenters. The van der Waals surface area contributed by atoms with E-state index in [-0.39, 0.29) is 29.2 Å². The number of pyridine rings is 1. The predicted molar refractivity (Wildman–Crippen MR) is 152 cm³/mol. The van der Waals surface area contributed by atoms with E-state index in [4.69, 9.17) is 35.8 Å². The van der Waals surface area contributed by atoms with Crippen molar-refractivity contribution in [3.05, 3.63) is 29.2 Å². The summed E-state index contributed by atoms with van der Waals surface area (Å²) < 4.78 is 16.7. The van der Waals surface area contributed by atoms with Gasteiger partial charge in [-0.2, -0.15) is 0 Å². The van der Waals surface area contributed by atoms with Gasteiger partial charge in [0.25, 0.3) is 0 Å². The first-order valence-electron chi connectivity index (χ1n) is 13.7. The number of anilines is 2. The van der Waals surface area contributed by atoms with Crippen molar-refractivity contribution in [3.63, 3.8) is 0 Å². The van der Waals surface area contributed by atoms with Crippen molar-refractivity contribution in [2.75, 3.05) is 62.9 Å². The van der Waals surface area contributed by atoms with Gasteiger partial charge in [-0.25, -0.2) is 19.7 Å². The largest absolute Gasteiger partial charge is 0.461 e. The molecule has 3 aliphatic heterocycles. The molecule has 0 aliphatic carbocycles. The van der Waals surface area contributed by atoms with Crippen LogP contribution in [0.1, 0.15) is 51.0 Å². The molecular formula is C28H38ClN5O4S. The van der Waals surface area contributed by atoms with Crippen molar-refractivity contribution >= 4 is 41.0 Å². The molecule has 0 amide bonds. The molecule has 0 saturated carbocycles. The average molecular weight is 576 g/mol. The summed E-state index contributed by atoms with van der Waals surface area (Å²) in [5, 5.41) is 1.14. The normalized spacial score (nSPS) is 23.6. The second-order valence-electron chi connectivity index (χ2n) is 11.4. The Labute approximate surface area is 240 Å². The van der Waals surface area contributed by atoms with Crippen LogP contribution in [0.15, 0.2) is 28.4 Å². The molecule has 3 fully saturated rings. The predicted octanol–water partition coefficient (Wildman–Crippen LogP) is 4.97. The highest BCUT2D eigenvalue weighted by Crippen LogP contribution is 2.47. The van der Waals surface area contributed by atoms with Crippen molar-refractivity contribution in [1.82, 2.24) is 15.0 Å². The minimum Gasteiger partial charge on any atom is -0.461 e. The van der Waals surface area contributed by atoms with Crippen LogP contribution < -0.4 is 9.80 Å². The maximum absolute atomic E-state index is 13.0. The van der Waals surface area contributed by atoms with Crippen LogP contribution in [0.4, 0.5) is 11.6 Å². The molecule has 5 rings (SSSR count). The summed E-state index contributed by atoms with van der Waals surface area (Å²) in [6.07, 6.45) is 5.73. The van der Waals surface area contributed by atoms with Crippen LogP contribution in [0, 0.1) is 16.7 Å². The summed E-state index contributed by atoms with van der Waals surface area (Å²) in [5.74, 6) is 1.36. The lowest BCUT2D eigenvalue weighted by atomic mass is 9.70. The van der Waals surface area contributed by atoms with Crippen molar-refractivity contribution in [3.8, 4) is 0 Å². The van der Waals surface area contributed by atoms with Crippen molar-refractivity contribution in [2.45, 2.75) is 56.6 Å². The Kier molecular flexibility index (Phi) is 8.29. The number of hydrogen-bond donors (Lipinski definition) is 0. The van der Waals surface area contributed by atoms with Gasteiger partial charge in [0, 0.05) is 55.2 Å². The Balaban J connectivity index is 1.34. The molecule has 0 aromatic carbocycles. The average Bonchev–Trinajstić information content (AvgIpc) is 3.18. The fourth-order valence-corrected chi connectivity index (χ4v) is 7.23. The summed E-state index contributed by atoms with van der Waals surface area (Å²) in [5.41, 5.74) is 0.523. The third-order valence-electron chi connectivity index (χ3n) is 8.55. The van der Waals surface area contributed by atoms with E-state index in [0.717, 1.165) is 56.3 Å². The van der Waals surface area contributed by atoms with Crippen LogP contribution in [-0.4, -0.2) is 80.1 Å². The van der Waals surface area contributed by atoms with Gasteiger partial charge < -0.3 is 24.0 Å². The molecule has 11 heteroatoms. The Morgan fingerprint density at radius 2 is 1.95 bits per heavy atom. The third kappa shape index (κ3) is 5.58. The monoisotopic (exact) mass is 575 g/mol. The van der Waals surface area contributed by atoms with E-state index >= 15 is 0 Å². The first-order chi connectivity index (χ1) is 18.7. The van der Waals surface area contributed by atoms with Gasteiger partial charge >= 0.3 is 5.97 Å². The van der Waals surface area contributed by atoms with Crippen molar-refractivity contribution in [1.29, 1.82) is 0 Å². The molecule has 1 spiro atoms. The van der Waals surface area contributed by atoms with Gasteiger partial charge in [-0.1, -0.05) is 37.2 Å². The second-order valence-corrected chi connectivity index (χ2v) is 12.8. The zero-order valence-electron chi connectivity index (χ0n) is 23.4. The summed E-state index contributed by atoms with van der Waals surface area (Å²) in [4.78, 5) is 32.1. The third-order valence-corrected chi connectivity index (χ3v) is 10.0. The van der Waals surface area contributed by atoms with Crippen LogP contribution in [0.5, 0.6) is 0 Å². The maximum Gasteiger partial charge on any atom is 0.360 e. The molecule has 9 nitrogen and oxygen atoms in total. The number of carbonyl (C=O) groups is 1. The number of esters is 1. The van der Waals surface area contributed by atoms with Gasteiger partial charge in [0.15, 0.2) is 11.5 Å². The highest BCUT2D eigenvalue weighted by atomic mass is 35.5. The summed E-state index contributed by atoms with van der Waals surface area (Å²) in [6.45, 7) is 13.4. The molecule has 0 radical (unpaired) electrons. The fraction of sp³-hybridized carbons (Fsp3) is 0.643. The maximum atomic E-state index is 13.0. The number of piperidine rings is 1. The van der Waals surface area contributed by atoms with E-state index in [9.17, 15) is 4.79 Å². The van der Waals surface area contributed by atoms with Gasteiger partial charge in [0.05, 0.1) is 37.1 Å². The number of hydrogen-bond acceptors (Lipinski definition) is 10. The SMILES string of the molecule is CCOC(=O)c1nc(Sc2ccnc(N3CC(C)(COC)C3)c2Cl)cnc1N1CCC2(CC1)CO[C@@H](C)[C@H]2C. The van der Waals surface area contributed by atoms with Crippen LogP contribution in [0.2, 0.25) is 5.02 Å². The summed E-state index contributed by atoms with van der Waals surface area (Å²) in [7, 11) is 1.72. The standard InChI is InChI=1S/C28H38ClN5O4S/c1-6-37-26(35)23-25(33-11-8-28(9-12-33)17-38-19(3)18(28)2)31-13-21(32-23)39-20-7-10-30-24(22(20)29)34-14-27(4,15-34)16-36-5/h7,10,13,18-19H,6,8-9,11-12,14-17H2,1-5H3/t18-,19+/m1/s1. The summed E-state index contributed by atoms with van der Waals surface area (Å²) in [6, 6.07) is 1.86. The van der Waals surface area contributed by atoms with Crippen LogP contribution in [-0.2, 0) is 14.2 Å². The Bertz CT molecular complexity index is 1200. The number of halogens is 1. The highest BCUT2D eigenvalue weighted by Gasteiger charge is 2.47. The van der Waals surface area contributed by atoms with Crippen molar-refractivity contribution < 1.29 is 19.0 Å². The van der Waals surface area contributed by atoms with Crippen LogP contribution in [0.25, 0.3) is 0 Å². The zero-order valence-corrected chi connectivity index (χ0v) is 25.0. The van der Waals surface area contributed by atoms with Gasteiger partial charge in [-0.15, -0.1) is 0 Å². The molecule has 39 heavy (non-hydrogen) atoms. The van der Waals surface area contributed by atoms with Gasteiger partial charge in [0.2, 0.25) is 0 Å². The quantitative estimate of drug-likeness (QED) is 0.402. The minimum absolute atomic E-state index is 0.0912. The smallest absolute Gasteiger partial charge is 0.360 e. The lowest BCUT2D eigenvalue weighted by Crippen LogP contribution is -2.57. The van der Waals surface area contributed by atoms with E-state index in [1.165, 1.54) is 11.8 Å². The molecule has 2 atom stereocenters. The zero-order chi connectivity index (χ0) is 27.8. The molecule has 0 bridgehead atoms. The highest BCUT2D eigenvalue weighted by molar-refractivity contribution is 7.99. The second kappa shape index (κ2) is 11.4. The van der Waals surface area contributed by atoms with Crippen molar-refractivity contribution in [2.24, 2.45) is 16.7 Å². The summed E-state index contributed by atoms with van der Waals surface area (Å²) >= 11 is 8.18. The number of nitrogens with zero attached hydrogens (tertiary/aromatic N) is 5. The molecule has 2 aromatic rings. The topological polar surface area (TPSA) is 89.9 Å². The van der Waals surface area contributed by atoms with Gasteiger partial charge in [-0.05, 0) is 38.7 Å². The molecule has 212 valence electrons. The lowest BCUT2D eigenvalue weighted by Gasteiger charge is -2.48. The molecule has 0 N–H and O–H groups in total. The van der Waals surface area contributed by atoms with Gasteiger partial charge in [0.1, 0.15) is 10.8 Å². The van der Waals surface area contributed by atoms with Gasteiger partial charge in [-0.3, -0.25) is 0 Å². The number of methoxy groups -OCH3 is 1.